The Bertz CT molecular complexity index is 1080. The maximum absolute atomic E-state index is 11.7. The number of hydrogen-bond acceptors (Lipinski definition) is 8. The summed E-state index contributed by atoms with van der Waals surface area (Å²) < 4.78 is 10.6. The molecule has 9 nitrogen and oxygen atoms in total. The third kappa shape index (κ3) is 3.57. The largest absolute Gasteiger partial charge is 0.454 e. The average molecular weight is 420 g/mol. The number of ether oxygens (including phenoxy) is 2. The van der Waals surface area contributed by atoms with Gasteiger partial charge < -0.3 is 20.1 Å². The molecule has 11 heteroatoms. The standard InChI is InChI=1S/C17H11Cl2N5O4/c18-9-1-3-12(11(19)5-9)23-17-15(24(25)26)16(20-7-21-17)22-10-2-4-13-14(6-10)28-8-27-13/h1-7H,8H2,(H2,20,21,22,23). The number of halogens is 2. The smallest absolute Gasteiger partial charge is 0.353 e. The normalized spacial score (nSPS) is 11.9. The van der Waals surface area contributed by atoms with E-state index < -0.39 is 4.92 Å². The summed E-state index contributed by atoms with van der Waals surface area (Å²) in [6.07, 6.45) is 1.20. The molecule has 4 rings (SSSR count). The molecule has 0 fully saturated rings. The minimum absolute atomic E-state index is 0.00597. The molecular formula is C17H11Cl2N5O4. The molecule has 0 saturated carbocycles. The van der Waals surface area contributed by atoms with Crippen molar-refractivity contribution in [2.75, 3.05) is 17.4 Å². The van der Waals surface area contributed by atoms with Crippen molar-refractivity contribution in [3.05, 3.63) is 62.9 Å². The van der Waals surface area contributed by atoms with E-state index in [2.05, 4.69) is 20.6 Å². The maximum atomic E-state index is 11.7. The Morgan fingerprint density at radius 1 is 1.00 bits per heavy atom. The summed E-state index contributed by atoms with van der Waals surface area (Å²) in [5, 5.41) is 18.2. The van der Waals surface area contributed by atoms with Crippen molar-refractivity contribution in [3.8, 4) is 11.5 Å². The number of aromatic nitrogens is 2. The molecule has 0 bridgehead atoms. The number of nitrogens with zero attached hydrogens (tertiary/aromatic N) is 3. The summed E-state index contributed by atoms with van der Waals surface area (Å²) >= 11 is 12.0. The quantitative estimate of drug-likeness (QED) is 0.443. The number of anilines is 4. The van der Waals surface area contributed by atoms with Crippen molar-refractivity contribution in [2.45, 2.75) is 0 Å². The van der Waals surface area contributed by atoms with Gasteiger partial charge in [0.2, 0.25) is 18.4 Å². The van der Waals surface area contributed by atoms with Gasteiger partial charge in [0, 0.05) is 16.8 Å². The topological polar surface area (TPSA) is 111 Å². The average Bonchev–Trinajstić information content (AvgIpc) is 3.12. The van der Waals surface area contributed by atoms with E-state index in [-0.39, 0.29) is 24.1 Å². The molecule has 0 aliphatic carbocycles. The molecule has 0 atom stereocenters. The van der Waals surface area contributed by atoms with Gasteiger partial charge in [-0.2, -0.15) is 0 Å². The predicted octanol–water partition coefficient (Wildman–Crippen LogP) is 4.91. The fourth-order valence-corrected chi connectivity index (χ4v) is 3.02. The number of fused-ring (bicyclic) bond motifs is 1. The molecule has 2 heterocycles. The van der Waals surface area contributed by atoms with E-state index in [4.69, 9.17) is 32.7 Å². The van der Waals surface area contributed by atoms with Crippen molar-refractivity contribution < 1.29 is 14.4 Å². The number of nitrogens with one attached hydrogen (secondary N) is 2. The van der Waals surface area contributed by atoms with Gasteiger partial charge in [-0.1, -0.05) is 23.2 Å². The summed E-state index contributed by atoms with van der Waals surface area (Å²) in [6, 6.07) is 9.78. The Labute approximate surface area is 168 Å². The molecule has 2 N–H and O–H groups in total. The van der Waals surface area contributed by atoms with Crippen LogP contribution in [0, 0.1) is 10.1 Å². The second kappa shape index (κ2) is 7.37. The molecule has 142 valence electrons. The Balaban J connectivity index is 1.68. The first-order valence-corrected chi connectivity index (χ1v) is 8.65. The van der Waals surface area contributed by atoms with Crippen molar-refractivity contribution in [2.24, 2.45) is 0 Å². The third-order valence-corrected chi connectivity index (χ3v) is 4.37. The summed E-state index contributed by atoms with van der Waals surface area (Å²) in [5.74, 6) is 1.12. The number of benzene rings is 2. The van der Waals surface area contributed by atoms with Gasteiger partial charge in [-0.25, -0.2) is 9.97 Å². The van der Waals surface area contributed by atoms with E-state index in [1.807, 2.05) is 0 Å². The van der Waals surface area contributed by atoms with E-state index in [1.165, 1.54) is 12.4 Å². The summed E-state index contributed by atoms with van der Waals surface area (Å²) in [6.45, 7) is 0.127. The summed E-state index contributed by atoms with van der Waals surface area (Å²) in [5.41, 5.74) is 0.620. The van der Waals surface area contributed by atoms with Crippen LogP contribution in [0.15, 0.2) is 42.7 Å². The molecule has 1 aliphatic heterocycles. The van der Waals surface area contributed by atoms with Crippen LogP contribution in [-0.2, 0) is 0 Å². The van der Waals surface area contributed by atoms with Crippen LogP contribution in [-0.4, -0.2) is 21.7 Å². The van der Waals surface area contributed by atoms with Crippen LogP contribution in [0.3, 0.4) is 0 Å². The molecule has 1 aliphatic rings. The lowest BCUT2D eigenvalue weighted by atomic mass is 10.2. The minimum atomic E-state index is -0.582. The lowest BCUT2D eigenvalue weighted by Crippen LogP contribution is -2.05. The van der Waals surface area contributed by atoms with Gasteiger partial charge in [0.05, 0.1) is 15.6 Å². The lowest BCUT2D eigenvalue weighted by Gasteiger charge is -2.11. The Morgan fingerprint density at radius 3 is 2.50 bits per heavy atom. The lowest BCUT2D eigenvalue weighted by molar-refractivity contribution is -0.383. The fraction of sp³-hybridized carbons (Fsp3) is 0.0588. The highest BCUT2D eigenvalue weighted by Crippen LogP contribution is 2.38. The highest BCUT2D eigenvalue weighted by Gasteiger charge is 2.24. The van der Waals surface area contributed by atoms with E-state index in [9.17, 15) is 10.1 Å². The minimum Gasteiger partial charge on any atom is -0.454 e. The van der Waals surface area contributed by atoms with Crippen LogP contribution in [0.4, 0.5) is 28.7 Å². The van der Waals surface area contributed by atoms with Gasteiger partial charge in [-0.15, -0.1) is 0 Å². The molecule has 2 aromatic carbocycles. The zero-order valence-electron chi connectivity index (χ0n) is 14.0. The van der Waals surface area contributed by atoms with Crippen LogP contribution >= 0.6 is 23.2 Å². The molecule has 0 radical (unpaired) electrons. The first-order chi connectivity index (χ1) is 13.5. The number of hydrogen-bond donors (Lipinski definition) is 2. The maximum Gasteiger partial charge on any atom is 0.353 e. The first-order valence-electron chi connectivity index (χ1n) is 7.89. The van der Waals surface area contributed by atoms with Gasteiger partial charge in [0.15, 0.2) is 11.5 Å². The van der Waals surface area contributed by atoms with Gasteiger partial charge >= 0.3 is 5.69 Å². The Kier molecular flexibility index (Phi) is 4.76. The van der Waals surface area contributed by atoms with Crippen molar-refractivity contribution >= 4 is 51.9 Å². The summed E-state index contributed by atoms with van der Waals surface area (Å²) in [7, 11) is 0. The third-order valence-electron chi connectivity index (χ3n) is 3.82. The van der Waals surface area contributed by atoms with E-state index in [0.717, 1.165) is 0 Å². The monoisotopic (exact) mass is 419 g/mol. The second-order valence-electron chi connectivity index (χ2n) is 5.62. The second-order valence-corrected chi connectivity index (χ2v) is 6.46. The fourth-order valence-electron chi connectivity index (χ4n) is 2.56. The Morgan fingerprint density at radius 2 is 1.75 bits per heavy atom. The Hall–Kier alpha value is -3.30. The SMILES string of the molecule is O=[N+]([O-])c1c(Nc2ccc3c(c2)OCO3)ncnc1Nc1ccc(Cl)cc1Cl. The molecule has 0 saturated heterocycles. The van der Waals surface area contributed by atoms with Crippen molar-refractivity contribution in [1.29, 1.82) is 0 Å². The zero-order chi connectivity index (χ0) is 19.7. The van der Waals surface area contributed by atoms with Crippen LogP contribution in [0.5, 0.6) is 11.5 Å². The molecule has 0 spiro atoms. The van der Waals surface area contributed by atoms with E-state index >= 15 is 0 Å². The van der Waals surface area contributed by atoms with Gasteiger partial charge in [-0.05, 0) is 30.3 Å². The molecule has 0 unspecified atom stereocenters. The van der Waals surface area contributed by atoms with Gasteiger partial charge in [0.1, 0.15) is 6.33 Å². The van der Waals surface area contributed by atoms with Gasteiger partial charge in [0.25, 0.3) is 0 Å². The highest BCUT2D eigenvalue weighted by atomic mass is 35.5. The van der Waals surface area contributed by atoms with Crippen LogP contribution < -0.4 is 20.1 Å². The molecule has 0 amide bonds. The summed E-state index contributed by atoms with van der Waals surface area (Å²) in [4.78, 5) is 19.1. The van der Waals surface area contributed by atoms with E-state index in [1.54, 1.807) is 30.3 Å². The molecular weight excluding hydrogens is 409 g/mol. The molecule has 3 aromatic rings. The van der Waals surface area contributed by atoms with Crippen LogP contribution in [0.1, 0.15) is 0 Å². The van der Waals surface area contributed by atoms with Crippen LogP contribution in [0.2, 0.25) is 10.0 Å². The molecule has 1 aromatic heterocycles. The van der Waals surface area contributed by atoms with E-state index in [0.29, 0.717) is 32.9 Å². The highest BCUT2D eigenvalue weighted by molar-refractivity contribution is 6.36. The van der Waals surface area contributed by atoms with Crippen molar-refractivity contribution in [3.63, 3.8) is 0 Å². The number of rotatable bonds is 5. The zero-order valence-corrected chi connectivity index (χ0v) is 15.5. The van der Waals surface area contributed by atoms with Crippen LogP contribution in [0.25, 0.3) is 0 Å². The number of nitro groups is 1. The van der Waals surface area contributed by atoms with Gasteiger partial charge in [-0.3, -0.25) is 10.1 Å². The predicted molar refractivity (Wildman–Crippen MR) is 104 cm³/mol. The molecule has 28 heavy (non-hydrogen) atoms. The first kappa shape index (κ1) is 18.1. The van der Waals surface area contributed by atoms with Crippen molar-refractivity contribution in [1.82, 2.24) is 9.97 Å².